The lowest BCUT2D eigenvalue weighted by molar-refractivity contribution is -0.115. The molecule has 2 heterocycles. The molecule has 1 saturated heterocycles. The lowest BCUT2D eigenvalue weighted by Gasteiger charge is -2.30. The van der Waals surface area contributed by atoms with E-state index in [9.17, 15) is 9.59 Å². The number of hydrogen-bond acceptors (Lipinski definition) is 4. The maximum absolute atomic E-state index is 13.1. The zero-order chi connectivity index (χ0) is 22.0. The summed E-state index contributed by atoms with van der Waals surface area (Å²) in [5.74, 6) is -0.644. The van der Waals surface area contributed by atoms with Crippen molar-refractivity contribution in [1.29, 1.82) is 0 Å². The van der Waals surface area contributed by atoms with Crippen LogP contribution in [0.25, 0.3) is 10.9 Å². The van der Waals surface area contributed by atoms with E-state index >= 15 is 0 Å². The molecule has 1 aliphatic rings. The Bertz CT molecular complexity index is 1150. The molecule has 6 nitrogen and oxygen atoms in total. The van der Waals surface area contributed by atoms with Gasteiger partial charge in [-0.15, -0.1) is 0 Å². The minimum Gasteiger partial charge on any atom is -0.370 e. The van der Waals surface area contributed by atoms with Gasteiger partial charge in [-0.25, -0.2) is 0 Å². The molecule has 160 valence electrons. The number of benzene rings is 2. The molecule has 0 radical (unpaired) electrons. The van der Waals surface area contributed by atoms with Crippen LogP contribution in [0.3, 0.4) is 0 Å². The van der Waals surface area contributed by atoms with Crippen LogP contribution in [0.2, 0.25) is 0 Å². The summed E-state index contributed by atoms with van der Waals surface area (Å²) in [5.41, 5.74) is 11.2. The number of anilines is 2. The molecule has 31 heavy (non-hydrogen) atoms. The third kappa shape index (κ3) is 4.38. The molecule has 0 atom stereocenters. The largest absolute Gasteiger partial charge is 0.370 e. The van der Waals surface area contributed by atoms with Gasteiger partial charge in [0.1, 0.15) is 0 Å². The number of carbonyl (C=O) groups excluding carboxylic acids is 2. The zero-order valence-corrected chi connectivity index (χ0v) is 18.1. The van der Waals surface area contributed by atoms with E-state index in [0.29, 0.717) is 11.3 Å². The highest BCUT2D eigenvalue weighted by Crippen LogP contribution is 2.30. The average molecular weight is 417 g/mol. The SMILES string of the molecule is Cc1nc2ccccc2c(C)c1CC(=O)Nc1cc(C(N)=O)ccc1N1CCCCC1. The highest BCUT2D eigenvalue weighted by atomic mass is 16.2. The molecule has 3 aromatic rings. The van der Waals surface area contributed by atoms with E-state index in [1.165, 1.54) is 6.42 Å². The summed E-state index contributed by atoms with van der Waals surface area (Å²) in [6.07, 6.45) is 3.67. The van der Waals surface area contributed by atoms with Gasteiger partial charge in [-0.3, -0.25) is 14.6 Å². The minimum absolute atomic E-state index is 0.136. The third-order valence-corrected chi connectivity index (χ3v) is 6.07. The van der Waals surface area contributed by atoms with Crippen molar-refractivity contribution in [2.24, 2.45) is 5.73 Å². The van der Waals surface area contributed by atoms with Gasteiger partial charge in [0, 0.05) is 29.7 Å². The smallest absolute Gasteiger partial charge is 0.248 e. The van der Waals surface area contributed by atoms with Gasteiger partial charge in [-0.2, -0.15) is 0 Å². The van der Waals surface area contributed by atoms with E-state index in [0.717, 1.165) is 59.3 Å². The Kier molecular flexibility index (Phi) is 5.89. The van der Waals surface area contributed by atoms with Crippen LogP contribution in [-0.2, 0) is 11.2 Å². The molecule has 2 aromatic carbocycles. The van der Waals surface area contributed by atoms with Crippen molar-refractivity contribution in [3.8, 4) is 0 Å². The van der Waals surface area contributed by atoms with Gasteiger partial charge in [-0.1, -0.05) is 18.2 Å². The van der Waals surface area contributed by atoms with Crippen LogP contribution in [0.1, 0.15) is 46.4 Å². The van der Waals surface area contributed by atoms with E-state index in [1.54, 1.807) is 12.1 Å². The Hall–Kier alpha value is -3.41. The van der Waals surface area contributed by atoms with Gasteiger partial charge in [0.15, 0.2) is 0 Å². The summed E-state index contributed by atoms with van der Waals surface area (Å²) in [6, 6.07) is 13.3. The summed E-state index contributed by atoms with van der Waals surface area (Å²) in [5, 5.41) is 4.09. The third-order valence-electron chi connectivity index (χ3n) is 6.07. The molecule has 3 N–H and O–H groups in total. The van der Waals surface area contributed by atoms with E-state index in [1.807, 2.05) is 44.2 Å². The molecule has 1 aromatic heterocycles. The summed E-state index contributed by atoms with van der Waals surface area (Å²) in [6.45, 7) is 5.85. The van der Waals surface area contributed by atoms with Crippen LogP contribution in [0.15, 0.2) is 42.5 Å². The molecule has 2 amide bonds. The first-order chi connectivity index (χ1) is 14.9. The van der Waals surface area contributed by atoms with Crippen molar-refractivity contribution in [3.05, 3.63) is 64.8 Å². The molecule has 1 aliphatic heterocycles. The number of nitrogens with zero attached hydrogens (tertiary/aromatic N) is 2. The molecule has 0 bridgehead atoms. The maximum atomic E-state index is 13.1. The Morgan fingerprint density at radius 1 is 1.06 bits per heavy atom. The fourth-order valence-electron chi connectivity index (χ4n) is 4.39. The first kappa shape index (κ1) is 20.8. The quantitative estimate of drug-likeness (QED) is 0.655. The van der Waals surface area contributed by atoms with Crippen molar-refractivity contribution in [2.45, 2.75) is 39.5 Å². The zero-order valence-electron chi connectivity index (χ0n) is 18.1. The van der Waals surface area contributed by atoms with Gasteiger partial charge in [-0.05, 0) is 68.5 Å². The highest BCUT2D eigenvalue weighted by molar-refractivity contribution is 6.00. The van der Waals surface area contributed by atoms with Crippen molar-refractivity contribution in [3.63, 3.8) is 0 Å². The number of fused-ring (bicyclic) bond motifs is 1. The van der Waals surface area contributed by atoms with Gasteiger partial charge < -0.3 is 16.0 Å². The molecule has 0 aliphatic carbocycles. The summed E-state index contributed by atoms with van der Waals surface area (Å²) in [4.78, 5) is 31.7. The normalized spacial score (nSPS) is 13.9. The number of hydrogen-bond donors (Lipinski definition) is 2. The number of aromatic nitrogens is 1. The van der Waals surface area contributed by atoms with Crippen molar-refractivity contribution >= 4 is 34.1 Å². The van der Waals surface area contributed by atoms with E-state index in [-0.39, 0.29) is 12.3 Å². The highest BCUT2D eigenvalue weighted by Gasteiger charge is 2.19. The monoisotopic (exact) mass is 416 g/mol. The maximum Gasteiger partial charge on any atom is 0.248 e. The number of pyridine rings is 1. The Morgan fingerprint density at radius 2 is 1.81 bits per heavy atom. The number of piperidine rings is 1. The van der Waals surface area contributed by atoms with Gasteiger partial charge in [0.25, 0.3) is 0 Å². The summed E-state index contributed by atoms with van der Waals surface area (Å²) >= 11 is 0. The molecule has 6 heteroatoms. The number of amides is 2. The number of nitrogens with one attached hydrogen (secondary N) is 1. The molecule has 4 rings (SSSR count). The van der Waals surface area contributed by atoms with Gasteiger partial charge in [0.05, 0.1) is 23.3 Å². The predicted molar refractivity (Wildman–Crippen MR) is 125 cm³/mol. The number of aryl methyl sites for hydroxylation is 2. The van der Waals surface area contributed by atoms with Crippen LogP contribution in [-0.4, -0.2) is 29.9 Å². The van der Waals surface area contributed by atoms with Gasteiger partial charge in [0.2, 0.25) is 11.8 Å². The van der Waals surface area contributed by atoms with Crippen LogP contribution >= 0.6 is 0 Å². The second kappa shape index (κ2) is 8.76. The number of carbonyl (C=O) groups is 2. The topological polar surface area (TPSA) is 88.3 Å². The minimum atomic E-state index is -0.508. The fraction of sp³-hybridized carbons (Fsp3) is 0.320. The first-order valence-corrected chi connectivity index (χ1v) is 10.8. The Labute approximate surface area is 182 Å². The summed E-state index contributed by atoms with van der Waals surface area (Å²) in [7, 11) is 0. The molecule has 0 saturated carbocycles. The molecular weight excluding hydrogens is 388 g/mol. The Balaban J connectivity index is 1.63. The van der Waals surface area contributed by atoms with Crippen LogP contribution < -0.4 is 16.0 Å². The molecule has 1 fully saturated rings. The predicted octanol–water partition coefficient (Wildman–Crippen LogP) is 4.12. The lowest BCUT2D eigenvalue weighted by atomic mass is 9.99. The number of para-hydroxylation sites is 1. The summed E-state index contributed by atoms with van der Waals surface area (Å²) < 4.78 is 0. The number of rotatable bonds is 5. The lowest BCUT2D eigenvalue weighted by Crippen LogP contribution is -2.31. The van der Waals surface area contributed by atoms with Crippen LogP contribution in [0.5, 0.6) is 0 Å². The van der Waals surface area contributed by atoms with Crippen molar-refractivity contribution in [2.75, 3.05) is 23.3 Å². The number of nitrogens with two attached hydrogens (primary N) is 1. The van der Waals surface area contributed by atoms with Crippen molar-refractivity contribution in [1.82, 2.24) is 4.98 Å². The standard InChI is InChI=1S/C25H28N4O2/c1-16-19-8-4-5-9-21(19)27-17(2)20(16)15-24(30)28-22-14-18(25(26)31)10-11-23(22)29-12-6-3-7-13-29/h4-5,8-11,14H,3,6-7,12-13,15H2,1-2H3,(H2,26,31)(H,28,30). The number of primary amides is 1. The van der Waals surface area contributed by atoms with E-state index < -0.39 is 5.91 Å². The second-order valence-electron chi connectivity index (χ2n) is 8.19. The van der Waals surface area contributed by atoms with E-state index in [2.05, 4.69) is 15.2 Å². The molecule has 0 spiro atoms. The fourth-order valence-corrected chi connectivity index (χ4v) is 4.39. The van der Waals surface area contributed by atoms with E-state index in [4.69, 9.17) is 5.73 Å². The van der Waals surface area contributed by atoms with Crippen LogP contribution in [0.4, 0.5) is 11.4 Å². The second-order valence-corrected chi connectivity index (χ2v) is 8.19. The average Bonchev–Trinajstić information content (AvgIpc) is 2.77. The molecule has 0 unspecified atom stereocenters. The van der Waals surface area contributed by atoms with Crippen LogP contribution in [0, 0.1) is 13.8 Å². The Morgan fingerprint density at radius 3 is 2.55 bits per heavy atom. The van der Waals surface area contributed by atoms with Crippen molar-refractivity contribution < 1.29 is 9.59 Å². The first-order valence-electron chi connectivity index (χ1n) is 10.8. The van der Waals surface area contributed by atoms with Gasteiger partial charge >= 0.3 is 0 Å². The molecular formula is C25H28N4O2.